The number of rotatable bonds is 7. The first-order valence-electron chi connectivity index (χ1n) is 13.7. The third-order valence-electron chi connectivity index (χ3n) is 8.12. The van der Waals surface area contributed by atoms with E-state index >= 15 is 0 Å². The van der Waals surface area contributed by atoms with Crippen molar-refractivity contribution in [3.8, 4) is 0 Å². The molecule has 35 heavy (non-hydrogen) atoms. The summed E-state index contributed by atoms with van der Waals surface area (Å²) in [5, 5.41) is 5.17. The molecule has 0 aromatic carbocycles. The molecule has 3 saturated heterocycles. The van der Waals surface area contributed by atoms with Crippen LogP contribution in [0.5, 0.6) is 0 Å². The molecule has 8 nitrogen and oxygen atoms in total. The van der Waals surface area contributed by atoms with E-state index in [0.717, 1.165) is 64.2 Å². The molecule has 2 aromatic rings. The van der Waals surface area contributed by atoms with Crippen LogP contribution in [0.2, 0.25) is 0 Å². The van der Waals surface area contributed by atoms with Crippen LogP contribution < -0.4 is 4.90 Å². The topological polar surface area (TPSA) is 74.6 Å². The van der Waals surface area contributed by atoms with Gasteiger partial charge in [-0.25, -0.2) is 4.98 Å². The molecule has 0 amide bonds. The van der Waals surface area contributed by atoms with Gasteiger partial charge in [0.05, 0.1) is 5.39 Å². The molecule has 5 rings (SSSR count). The van der Waals surface area contributed by atoms with E-state index in [0.29, 0.717) is 29.1 Å². The largest absolute Gasteiger partial charge is 0.357 e. The van der Waals surface area contributed by atoms with E-state index in [1.54, 1.807) is 0 Å². The van der Waals surface area contributed by atoms with E-state index in [-0.39, 0.29) is 11.7 Å². The summed E-state index contributed by atoms with van der Waals surface area (Å²) in [6.45, 7) is 10.4. The molecule has 0 spiro atoms. The third kappa shape index (κ3) is 5.75. The molecule has 0 bridgehead atoms. The Labute approximate surface area is 208 Å². The predicted octanol–water partition coefficient (Wildman–Crippen LogP) is 3.85. The molecule has 0 radical (unpaired) electrons. The Morgan fingerprint density at radius 3 is 2.14 bits per heavy atom. The maximum absolute atomic E-state index is 13.3. The number of ketones is 1. The van der Waals surface area contributed by atoms with Crippen molar-refractivity contribution in [2.75, 3.05) is 57.3 Å². The van der Waals surface area contributed by atoms with Gasteiger partial charge in [-0.15, -0.1) is 0 Å². The normalized spacial score (nSPS) is 21.0. The van der Waals surface area contributed by atoms with Crippen LogP contribution in [0.3, 0.4) is 0 Å². The van der Waals surface area contributed by atoms with E-state index < -0.39 is 0 Å². The van der Waals surface area contributed by atoms with Gasteiger partial charge in [0.1, 0.15) is 11.5 Å². The second-order valence-corrected chi connectivity index (χ2v) is 10.7. The molecule has 8 heteroatoms. The number of aromatic nitrogens is 3. The summed E-state index contributed by atoms with van der Waals surface area (Å²) in [5.41, 5.74) is 0.918. The monoisotopic (exact) mass is 480 g/mol. The van der Waals surface area contributed by atoms with Gasteiger partial charge in [-0.3, -0.25) is 9.59 Å². The maximum Gasteiger partial charge on any atom is 0.245 e. The van der Waals surface area contributed by atoms with Crippen molar-refractivity contribution in [3.63, 3.8) is 0 Å². The van der Waals surface area contributed by atoms with Crippen molar-refractivity contribution in [1.29, 1.82) is 0 Å². The molecule has 3 aliphatic heterocycles. The number of pyridine rings is 1. The van der Waals surface area contributed by atoms with Gasteiger partial charge in [0.15, 0.2) is 11.4 Å². The lowest BCUT2D eigenvalue weighted by molar-refractivity contribution is 0.0912. The highest BCUT2D eigenvalue weighted by Crippen LogP contribution is 2.27. The Bertz CT molecular complexity index is 1030. The molecule has 0 atom stereocenters. The quantitative estimate of drug-likeness (QED) is 0.557. The van der Waals surface area contributed by atoms with E-state index in [1.807, 2.05) is 12.1 Å². The zero-order valence-corrected chi connectivity index (χ0v) is 21.3. The van der Waals surface area contributed by atoms with Gasteiger partial charge < -0.3 is 14.7 Å². The highest BCUT2D eigenvalue weighted by atomic mass is 16.2. The standard InChI is InChI=1S/C27H40N6O2/c1-21(34)33-27-23(8-9-25(28-27)32-14-4-2-3-5-15-32)26(29-33)24(35)20-22-10-16-31(17-11-22)19-18-30-12-6-7-13-30/h8-9,22H,2-7,10-20H2,1H3. The highest BCUT2D eigenvalue weighted by Gasteiger charge is 2.27. The first-order chi connectivity index (χ1) is 17.1. The molecule has 3 fully saturated rings. The van der Waals surface area contributed by atoms with Gasteiger partial charge >= 0.3 is 0 Å². The van der Waals surface area contributed by atoms with Gasteiger partial charge in [0.2, 0.25) is 5.91 Å². The minimum Gasteiger partial charge on any atom is -0.357 e. The number of carbonyl (C=O) groups is 2. The summed E-state index contributed by atoms with van der Waals surface area (Å²) in [6, 6.07) is 3.94. The number of piperidine rings is 1. The smallest absolute Gasteiger partial charge is 0.245 e. The number of Topliss-reactive ketones (excluding diaryl/α,β-unsaturated/α-hetero) is 1. The zero-order chi connectivity index (χ0) is 24.2. The zero-order valence-electron chi connectivity index (χ0n) is 21.3. The number of nitrogens with zero attached hydrogens (tertiary/aromatic N) is 6. The summed E-state index contributed by atoms with van der Waals surface area (Å²) in [5.74, 6) is 1.09. The average molecular weight is 481 g/mol. The summed E-state index contributed by atoms with van der Waals surface area (Å²) in [4.78, 5) is 37.9. The molecular formula is C27H40N6O2. The van der Waals surface area contributed by atoms with Gasteiger partial charge in [0, 0.05) is 39.5 Å². The Balaban J connectivity index is 1.24. The number of hydrogen-bond acceptors (Lipinski definition) is 7. The van der Waals surface area contributed by atoms with Crippen LogP contribution in [0, 0.1) is 5.92 Å². The van der Waals surface area contributed by atoms with Crippen molar-refractivity contribution < 1.29 is 9.59 Å². The molecule has 2 aromatic heterocycles. The molecule has 0 N–H and O–H groups in total. The van der Waals surface area contributed by atoms with Crippen LogP contribution in [0.25, 0.3) is 11.0 Å². The lowest BCUT2D eigenvalue weighted by Crippen LogP contribution is -2.39. The average Bonchev–Trinajstić information content (AvgIpc) is 3.44. The Morgan fingerprint density at radius 2 is 1.49 bits per heavy atom. The van der Waals surface area contributed by atoms with Crippen molar-refractivity contribution in [2.24, 2.45) is 5.92 Å². The Hall–Kier alpha value is -2.32. The van der Waals surface area contributed by atoms with Crippen LogP contribution in [0.4, 0.5) is 5.82 Å². The highest BCUT2D eigenvalue weighted by molar-refractivity contribution is 6.07. The van der Waals surface area contributed by atoms with Crippen molar-refractivity contribution in [3.05, 3.63) is 17.8 Å². The van der Waals surface area contributed by atoms with E-state index in [4.69, 9.17) is 4.98 Å². The predicted molar refractivity (Wildman–Crippen MR) is 138 cm³/mol. The number of hydrogen-bond donors (Lipinski definition) is 0. The number of fused-ring (bicyclic) bond motifs is 1. The van der Waals surface area contributed by atoms with E-state index in [9.17, 15) is 9.59 Å². The molecule has 5 heterocycles. The summed E-state index contributed by atoms with van der Waals surface area (Å²) < 4.78 is 1.32. The Morgan fingerprint density at radius 1 is 0.857 bits per heavy atom. The van der Waals surface area contributed by atoms with Crippen LogP contribution in [-0.4, -0.2) is 88.6 Å². The summed E-state index contributed by atoms with van der Waals surface area (Å²) >= 11 is 0. The van der Waals surface area contributed by atoms with Gasteiger partial charge in [0.25, 0.3) is 0 Å². The fourth-order valence-corrected chi connectivity index (χ4v) is 5.95. The summed E-state index contributed by atoms with van der Waals surface area (Å²) in [6.07, 6.45) is 10.1. The van der Waals surface area contributed by atoms with Gasteiger partial charge in [-0.1, -0.05) is 12.8 Å². The lowest BCUT2D eigenvalue weighted by Gasteiger charge is -2.32. The van der Waals surface area contributed by atoms with Crippen LogP contribution in [0.15, 0.2) is 12.1 Å². The van der Waals surface area contributed by atoms with E-state index in [1.165, 1.54) is 56.9 Å². The van der Waals surface area contributed by atoms with E-state index in [2.05, 4.69) is 19.8 Å². The molecule has 0 aliphatic carbocycles. The molecule has 3 aliphatic rings. The number of anilines is 1. The first kappa shape index (κ1) is 24.4. The second-order valence-electron chi connectivity index (χ2n) is 10.7. The first-order valence-corrected chi connectivity index (χ1v) is 13.7. The molecule has 0 unspecified atom stereocenters. The minimum absolute atomic E-state index is 0.0369. The molecule has 0 saturated carbocycles. The third-order valence-corrected chi connectivity index (χ3v) is 8.12. The second kappa shape index (κ2) is 11.2. The fraction of sp³-hybridized carbons (Fsp3) is 0.704. The summed E-state index contributed by atoms with van der Waals surface area (Å²) in [7, 11) is 0. The Kier molecular flexibility index (Phi) is 7.78. The van der Waals surface area contributed by atoms with Gasteiger partial charge in [-0.2, -0.15) is 9.78 Å². The van der Waals surface area contributed by atoms with Gasteiger partial charge in [-0.05, 0) is 82.8 Å². The fourth-order valence-electron chi connectivity index (χ4n) is 5.95. The van der Waals surface area contributed by atoms with Crippen LogP contribution >= 0.6 is 0 Å². The lowest BCUT2D eigenvalue weighted by atomic mass is 9.90. The SMILES string of the molecule is CC(=O)n1nc(C(=O)CC2CCN(CCN3CCCC3)CC2)c2ccc(N3CCCCCC3)nc21. The van der Waals surface area contributed by atoms with Crippen molar-refractivity contribution in [2.45, 2.75) is 64.7 Å². The molecule has 190 valence electrons. The minimum atomic E-state index is -0.208. The maximum atomic E-state index is 13.3. The van der Waals surface area contributed by atoms with Crippen molar-refractivity contribution >= 4 is 28.5 Å². The number of carbonyl (C=O) groups excluding carboxylic acids is 2. The molecular weight excluding hydrogens is 440 g/mol. The van der Waals surface area contributed by atoms with Crippen molar-refractivity contribution in [1.82, 2.24) is 24.6 Å². The number of likely N-dealkylation sites (tertiary alicyclic amines) is 2. The van der Waals surface area contributed by atoms with Crippen LogP contribution in [-0.2, 0) is 0 Å². The van der Waals surface area contributed by atoms with Crippen LogP contribution in [0.1, 0.15) is 80.0 Å².